The Balaban J connectivity index is 1.76. The summed E-state index contributed by atoms with van der Waals surface area (Å²) in [6.45, 7) is 6.20. The number of anilines is 1. The lowest BCUT2D eigenvalue weighted by molar-refractivity contribution is 0.307. The molecule has 0 saturated carbocycles. The smallest absolute Gasteiger partial charge is 0.298 e. The van der Waals surface area contributed by atoms with Gasteiger partial charge in [-0.2, -0.15) is 4.98 Å². The Bertz CT molecular complexity index is 1260. The van der Waals surface area contributed by atoms with Crippen LogP contribution >= 0.6 is 0 Å². The van der Waals surface area contributed by atoms with Crippen LogP contribution in [0.15, 0.2) is 39.6 Å². The summed E-state index contributed by atoms with van der Waals surface area (Å²) in [5.74, 6) is 0.184. The van der Waals surface area contributed by atoms with Crippen molar-refractivity contribution in [2.24, 2.45) is 5.14 Å². The van der Waals surface area contributed by atoms with Gasteiger partial charge in [0.15, 0.2) is 17.1 Å². The first-order chi connectivity index (χ1) is 16.3. The summed E-state index contributed by atoms with van der Waals surface area (Å²) in [6, 6.07) is 7.82. The van der Waals surface area contributed by atoms with Gasteiger partial charge in [-0.1, -0.05) is 0 Å². The van der Waals surface area contributed by atoms with E-state index >= 15 is 4.39 Å². The number of hydrogen-bond donors (Lipinski definition) is 2. The molecule has 1 aliphatic rings. The molecule has 0 aliphatic carbocycles. The summed E-state index contributed by atoms with van der Waals surface area (Å²) in [5, 5.41) is 8.59. The monoisotopic (exact) mass is 492 g/mol. The van der Waals surface area contributed by atoms with Crippen molar-refractivity contribution in [1.82, 2.24) is 10.3 Å². The van der Waals surface area contributed by atoms with E-state index in [2.05, 4.69) is 10.3 Å². The maximum Gasteiger partial charge on any atom is 0.298 e. The molecule has 1 aromatic heterocycles. The van der Waals surface area contributed by atoms with Crippen molar-refractivity contribution in [1.29, 1.82) is 0 Å². The number of halogens is 1. The summed E-state index contributed by atoms with van der Waals surface area (Å²) in [4.78, 5) is 6.41. The highest BCUT2D eigenvalue weighted by molar-refractivity contribution is 7.89. The summed E-state index contributed by atoms with van der Waals surface area (Å²) in [7, 11) is -3.88. The number of hydrogen-bond acceptors (Lipinski definition) is 8. The number of nitrogens with two attached hydrogens (primary N) is 1. The van der Waals surface area contributed by atoms with Crippen LogP contribution in [0.5, 0.6) is 11.5 Å². The Morgan fingerprint density at radius 2 is 1.91 bits per heavy atom. The van der Waals surface area contributed by atoms with E-state index < -0.39 is 15.8 Å². The highest BCUT2D eigenvalue weighted by Gasteiger charge is 2.28. The van der Waals surface area contributed by atoms with Crippen LogP contribution in [-0.2, 0) is 16.6 Å². The molecule has 0 unspecified atom stereocenters. The number of nitrogens with one attached hydrogen (secondary N) is 1. The molecule has 0 amide bonds. The molecule has 3 N–H and O–H groups in total. The topological polar surface area (TPSA) is 120 Å². The minimum atomic E-state index is -3.88. The number of benzene rings is 2. The molecular formula is C23H29FN4O5S. The van der Waals surface area contributed by atoms with E-state index in [0.29, 0.717) is 35.6 Å². The summed E-state index contributed by atoms with van der Waals surface area (Å²) in [5.41, 5.74) is 1.17. The van der Waals surface area contributed by atoms with Crippen LogP contribution in [0.3, 0.4) is 0 Å². The lowest BCUT2D eigenvalue weighted by Crippen LogP contribution is -2.43. The Labute approximate surface area is 198 Å². The van der Waals surface area contributed by atoms with E-state index in [9.17, 15) is 8.42 Å². The van der Waals surface area contributed by atoms with Gasteiger partial charge in [-0.25, -0.2) is 17.9 Å². The number of ether oxygens (including phenoxy) is 2. The van der Waals surface area contributed by atoms with Gasteiger partial charge in [0.05, 0.1) is 24.7 Å². The number of aromatic nitrogens is 1. The Kier molecular flexibility index (Phi) is 7.24. The van der Waals surface area contributed by atoms with Gasteiger partial charge in [-0.05, 0) is 64.0 Å². The molecule has 34 heavy (non-hydrogen) atoms. The van der Waals surface area contributed by atoms with Crippen LogP contribution in [0.4, 0.5) is 10.4 Å². The number of oxazole rings is 1. The van der Waals surface area contributed by atoms with Gasteiger partial charge in [0, 0.05) is 17.7 Å². The van der Waals surface area contributed by atoms with Gasteiger partial charge in [-0.3, -0.25) is 0 Å². The van der Waals surface area contributed by atoms with Crippen LogP contribution in [0.2, 0.25) is 0 Å². The molecule has 1 saturated heterocycles. The van der Waals surface area contributed by atoms with Crippen molar-refractivity contribution in [3.05, 3.63) is 41.7 Å². The van der Waals surface area contributed by atoms with Gasteiger partial charge in [0.2, 0.25) is 10.0 Å². The average molecular weight is 493 g/mol. The van der Waals surface area contributed by atoms with Crippen LogP contribution < -0.4 is 24.8 Å². The normalized spacial score (nSPS) is 14.9. The summed E-state index contributed by atoms with van der Waals surface area (Å²) >= 11 is 0. The molecule has 4 rings (SSSR count). The zero-order valence-electron chi connectivity index (χ0n) is 19.2. The van der Waals surface area contributed by atoms with E-state index in [4.69, 9.17) is 19.0 Å². The number of sulfonamides is 1. The fourth-order valence-corrected chi connectivity index (χ4v) is 4.64. The van der Waals surface area contributed by atoms with Crippen LogP contribution in [0.1, 0.15) is 32.3 Å². The van der Waals surface area contributed by atoms with Crippen molar-refractivity contribution in [3.8, 4) is 11.5 Å². The minimum Gasteiger partial charge on any atom is -0.494 e. The van der Waals surface area contributed by atoms with Crippen LogP contribution in [0, 0.1) is 5.82 Å². The zero-order valence-corrected chi connectivity index (χ0v) is 20.0. The quantitative estimate of drug-likeness (QED) is 0.467. The van der Waals surface area contributed by atoms with E-state index in [-0.39, 0.29) is 29.2 Å². The maximum atomic E-state index is 15.4. The van der Waals surface area contributed by atoms with Crippen molar-refractivity contribution in [3.63, 3.8) is 0 Å². The third-order valence-electron chi connectivity index (χ3n) is 5.71. The molecule has 2 aromatic carbocycles. The van der Waals surface area contributed by atoms with Crippen molar-refractivity contribution < 1.29 is 26.7 Å². The lowest BCUT2D eigenvalue weighted by atomic mass is 10.0. The van der Waals surface area contributed by atoms with Crippen LogP contribution in [-0.4, -0.2) is 45.7 Å². The Hall–Kier alpha value is -2.89. The fraction of sp³-hybridized carbons (Fsp3) is 0.435. The number of nitrogens with zero attached hydrogens (tertiary/aromatic N) is 2. The first-order valence-corrected chi connectivity index (χ1v) is 12.8. The predicted molar refractivity (Wildman–Crippen MR) is 126 cm³/mol. The van der Waals surface area contributed by atoms with Crippen molar-refractivity contribution in [2.45, 2.75) is 44.2 Å². The second-order valence-electron chi connectivity index (χ2n) is 8.04. The van der Waals surface area contributed by atoms with E-state index in [1.165, 1.54) is 18.2 Å². The molecule has 2 heterocycles. The zero-order chi connectivity index (χ0) is 24.3. The predicted octanol–water partition coefficient (Wildman–Crippen LogP) is 3.17. The molecule has 9 nitrogen and oxygen atoms in total. The number of piperidine rings is 1. The van der Waals surface area contributed by atoms with Gasteiger partial charge < -0.3 is 24.1 Å². The first-order valence-electron chi connectivity index (χ1n) is 11.3. The second kappa shape index (κ2) is 10.2. The standard InChI is InChI=1S/C23H29FN4O5S/c1-3-31-17-11-15(22(24)21(12-17)32-4-2)14-28(16-7-9-26-10-8-16)23-27-19-13-18(34(25,29)30)5-6-20(19)33-23/h5-6,11-13,16,26H,3-4,7-10,14H2,1-2H3,(H2,25,29,30). The molecule has 11 heteroatoms. The summed E-state index contributed by atoms with van der Waals surface area (Å²) in [6.07, 6.45) is 1.62. The molecule has 0 atom stereocenters. The molecule has 0 bridgehead atoms. The Morgan fingerprint density at radius 3 is 2.59 bits per heavy atom. The van der Waals surface area contributed by atoms with Gasteiger partial charge >= 0.3 is 0 Å². The molecule has 3 aromatic rings. The van der Waals surface area contributed by atoms with E-state index in [1.807, 2.05) is 11.8 Å². The number of primary sulfonamides is 1. The lowest BCUT2D eigenvalue weighted by Gasteiger charge is -2.33. The molecule has 184 valence electrons. The van der Waals surface area contributed by atoms with E-state index in [0.717, 1.165) is 25.9 Å². The van der Waals surface area contributed by atoms with Gasteiger partial charge in [0.1, 0.15) is 11.3 Å². The van der Waals surface area contributed by atoms with E-state index in [1.54, 1.807) is 19.1 Å². The first kappa shape index (κ1) is 24.2. The second-order valence-corrected chi connectivity index (χ2v) is 9.60. The SMILES string of the molecule is CCOc1cc(CN(c2nc3cc(S(N)(=O)=O)ccc3o2)C2CCNCC2)c(F)c(OCC)c1. The highest BCUT2D eigenvalue weighted by atomic mass is 32.2. The van der Waals surface area contributed by atoms with Crippen molar-refractivity contribution >= 4 is 27.1 Å². The third kappa shape index (κ3) is 5.26. The third-order valence-corrected chi connectivity index (χ3v) is 6.62. The largest absolute Gasteiger partial charge is 0.494 e. The molecule has 1 fully saturated rings. The summed E-state index contributed by atoms with van der Waals surface area (Å²) < 4.78 is 56.0. The fourth-order valence-electron chi connectivity index (χ4n) is 4.10. The minimum absolute atomic E-state index is 0.0396. The molecular weight excluding hydrogens is 463 g/mol. The van der Waals surface area contributed by atoms with Crippen LogP contribution in [0.25, 0.3) is 11.1 Å². The molecule has 0 radical (unpaired) electrons. The van der Waals surface area contributed by atoms with Gasteiger partial charge in [0.25, 0.3) is 6.01 Å². The number of rotatable bonds is 9. The maximum absolute atomic E-state index is 15.4. The Morgan fingerprint density at radius 1 is 1.18 bits per heavy atom. The van der Waals surface area contributed by atoms with Crippen molar-refractivity contribution in [2.75, 3.05) is 31.2 Å². The average Bonchev–Trinajstić information content (AvgIpc) is 3.23. The molecule has 0 spiro atoms. The number of fused-ring (bicyclic) bond motifs is 1. The highest BCUT2D eigenvalue weighted by Crippen LogP contribution is 2.33. The van der Waals surface area contributed by atoms with Gasteiger partial charge in [-0.15, -0.1) is 0 Å². The molecule has 1 aliphatic heterocycles.